The molecule has 246 valence electrons. The van der Waals surface area contributed by atoms with Crippen LogP contribution in [0.25, 0.3) is 44.6 Å². The zero-order valence-corrected chi connectivity index (χ0v) is 28.5. The molecule has 8 rings (SSSR count). The number of pyridine rings is 1. The molecule has 1 N–H and O–H groups in total. The van der Waals surface area contributed by atoms with Gasteiger partial charge in [-0.2, -0.15) is 10.2 Å². The summed E-state index contributed by atoms with van der Waals surface area (Å²) in [4.78, 5) is 25.6. The van der Waals surface area contributed by atoms with Gasteiger partial charge in [-0.25, -0.2) is 9.97 Å². The lowest BCUT2D eigenvalue weighted by Crippen LogP contribution is -2.59. The van der Waals surface area contributed by atoms with E-state index in [1.165, 1.54) is 24.1 Å². The number of nitrogens with zero attached hydrogens (tertiary/aromatic N) is 8. The molecule has 6 aromatic rings. The van der Waals surface area contributed by atoms with Crippen molar-refractivity contribution in [3.8, 4) is 22.6 Å². The monoisotopic (exact) mass is 641 g/mol. The van der Waals surface area contributed by atoms with Crippen molar-refractivity contribution in [2.24, 2.45) is 14.1 Å². The number of carbonyl (C=O) groups excluding carboxylic acids is 1. The Hall–Kier alpha value is -4.83. The summed E-state index contributed by atoms with van der Waals surface area (Å²) in [5, 5.41) is 15.0. The quantitative estimate of drug-likeness (QED) is 0.223. The van der Waals surface area contributed by atoms with E-state index in [1.54, 1.807) is 0 Å². The van der Waals surface area contributed by atoms with E-state index in [4.69, 9.17) is 15.1 Å². The van der Waals surface area contributed by atoms with E-state index >= 15 is 0 Å². The molecule has 0 bridgehead atoms. The van der Waals surface area contributed by atoms with E-state index in [1.807, 2.05) is 39.6 Å². The van der Waals surface area contributed by atoms with Gasteiger partial charge in [0.2, 0.25) is 0 Å². The van der Waals surface area contributed by atoms with Crippen LogP contribution in [-0.2, 0) is 33.5 Å². The van der Waals surface area contributed by atoms with Crippen molar-refractivity contribution < 1.29 is 4.79 Å². The summed E-state index contributed by atoms with van der Waals surface area (Å²) in [6, 6.07) is 16.7. The zero-order valence-electron chi connectivity index (χ0n) is 28.5. The molecule has 1 amide bonds. The Morgan fingerprint density at radius 1 is 1.00 bits per heavy atom. The summed E-state index contributed by atoms with van der Waals surface area (Å²) in [5.74, 6) is 1.56. The molecule has 1 aliphatic carbocycles. The molecular formula is C38H43N9O. The molecule has 0 spiro atoms. The highest BCUT2D eigenvalue weighted by Crippen LogP contribution is 2.47. The van der Waals surface area contributed by atoms with Gasteiger partial charge in [0.05, 0.1) is 22.4 Å². The van der Waals surface area contributed by atoms with Gasteiger partial charge in [0.1, 0.15) is 5.82 Å². The Balaban J connectivity index is 1.08. The molecule has 10 heteroatoms. The van der Waals surface area contributed by atoms with Crippen molar-refractivity contribution in [2.75, 3.05) is 19.6 Å². The average Bonchev–Trinajstić information content (AvgIpc) is 3.56. The fourth-order valence-corrected chi connectivity index (χ4v) is 7.33. The van der Waals surface area contributed by atoms with E-state index in [0.717, 1.165) is 94.9 Å². The van der Waals surface area contributed by atoms with Crippen LogP contribution in [0.3, 0.4) is 0 Å². The van der Waals surface area contributed by atoms with Crippen molar-refractivity contribution >= 4 is 27.8 Å². The van der Waals surface area contributed by atoms with Crippen LogP contribution in [0, 0.1) is 0 Å². The zero-order chi connectivity index (χ0) is 33.2. The molecule has 1 aliphatic heterocycles. The second-order valence-corrected chi connectivity index (χ2v) is 14.1. The van der Waals surface area contributed by atoms with Gasteiger partial charge in [-0.05, 0) is 69.4 Å². The number of aryl methyl sites for hydroxylation is 4. The van der Waals surface area contributed by atoms with Crippen LogP contribution >= 0.6 is 0 Å². The molecule has 1 saturated carbocycles. The Morgan fingerprint density at radius 2 is 1.81 bits per heavy atom. The SMILES string of the molecule is CCc1nc2nn(C)cc2cc1-c1nc(-c2cccc3nn(CCc4ccc(C(=O)N5CCNCC5(C)C)cc4)cc23)c(C2CC2)n1C. The summed E-state index contributed by atoms with van der Waals surface area (Å²) in [5.41, 5.74) is 9.00. The molecule has 48 heavy (non-hydrogen) atoms. The number of benzene rings is 2. The topological polar surface area (TPSA) is 98.7 Å². The van der Waals surface area contributed by atoms with E-state index < -0.39 is 0 Å². The van der Waals surface area contributed by atoms with Crippen molar-refractivity contribution in [2.45, 2.75) is 64.5 Å². The Morgan fingerprint density at radius 3 is 2.56 bits per heavy atom. The first kappa shape index (κ1) is 30.5. The minimum absolute atomic E-state index is 0.0990. The Bertz CT molecular complexity index is 2160. The van der Waals surface area contributed by atoms with Crippen LogP contribution in [0.15, 0.2) is 60.9 Å². The lowest BCUT2D eigenvalue weighted by atomic mass is 9.98. The minimum Gasteiger partial charge on any atom is -0.331 e. The number of carbonyl (C=O) groups is 1. The lowest BCUT2D eigenvalue weighted by Gasteiger charge is -2.42. The maximum absolute atomic E-state index is 13.3. The third kappa shape index (κ3) is 5.38. The summed E-state index contributed by atoms with van der Waals surface area (Å²) in [6.07, 6.45) is 8.17. The summed E-state index contributed by atoms with van der Waals surface area (Å²) >= 11 is 0. The van der Waals surface area contributed by atoms with Gasteiger partial charge in [-0.3, -0.25) is 14.2 Å². The average molecular weight is 642 g/mol. The highest BCUT2D eigenvalue weighted by atomic mass is 16.2. The van der Waals surface area contributed by atoms with Crippen molar-refractivity contribution in [3.63, 3.8) is 0 Å². The molecule has 10 nitrogen and oxygen atoms in total. The first-order chi connectivity index (χ1) is 23.2. The molecule has 5 heterocycles. The molecule has 0 radical (unpaired) electrons. The molecular weight excluding hydrogens is 598 g/mol. The predicted molar refractivity (Wildman–Crippen MR) is 189 cm³/mol. The summed E-state index contributed by atoms with van der Waals surface area (Å²) in [7, 11) is 4.09. The Kier molecular flexibility index (Phi) is 7.43. The first-order valence-electron chi connectivity index (χ1n) is 17.2. The second kappa shape index (κ2) is 11.7. The van der Waals surface area contributed by atoms with Gasteiger partial charge in [-0.1, -0.05) is 31.2 Å². The summed E-state index contributed by atoms with van der Waals surface area (Å²) < 4.78 is 6.17. The molecule has 0 atom stereocenters. The molecule has 2 fully saturated rings. The Labute approximate surface area is 280 Å². The highest BCUT2D eigenvalue weighted by molar-refractivity contribution is 5.95. The number of piperazine rings is 1. The third-order valence-electron chi connectivity index (χ3n) is 10.1. The standard InChI is InChI=1S/C38H43N9O/c1-6-31-29(20-27-21-44(4)43-35(27)40-31)36-41-33(34(45(36)5)25-14-15-25)28-8-7-9-32-30(28)22-46(42-32)18-16-24-10-12-26(13-11-24)37(48)47-19-17-39-23-38(47,2)3/h7-13,20-22,25,39H,6,14-19,23H2,1-5H3. The molecule has 2 aliphatic rings. The first-order valence-corrected chi connectivity index (χ1v) is 17.2. The van der Waals surface area contributed by atoms with E-state index in [2.05, 4.69) is 85.4 Å². The van der Waals surface area contributed by atoms with Crippen LogP contribution < -0.4 is 5.32 Å². The van der Waals surface area contributed by atoms with E-state index in [9.17, 15) is 4.79 Å². The number of aromatic nitrogens is 7. The second-order valence-electron chi connectivity index (χ2n) is 14.1. The van der Waals surface area contributed by atoms with Gasteiger partial charge < -0.3 is 14.8 Å². The lowest BCUT2D eigenvalue weighted by molar-refractivity contribution is 0.0477. The van der Waals surface area contributed by atoms with Gasteiger partial charge in [-0.15, -0.1) is 0 Å². The number of fused-ring (bicyclic) bond motifs is 2. The maximum Gasteiger partial charge on any atom is 0.254 e. The van der Waals surface area contributed by atoms with Crippen LogP contribution in [0.2, 0.25) is 0 Å². The van der Waals surface area contributed by atoms with Crippen molar-refractivity contribution in [1.82, 2.24) is 44.3 Å². The number of hydrogen-bond donors (Lipinski definition) is 1. The molecule has 0 unspecified atom stereocenters. The highest BCUT2D eigenvalue weighted by Gasteiger charge is 2.34. The van der Waals surface area contributed by atoms with E-state index in [-0.39, 0.29) is 11.4 Å². The largest absolute Gasteiger partial charge is 0.331 e. The van der Waals surface area contributed by atoms with Crippen LogP contribution in [0.1, 0.15) is 66.8 Å². The number of nitrogens with one attached hydrogen (secondary N) is 1. The van der Waals surface area contributed by atoms with Crippen molar-refractivity contribution in [3.05, 3.63) is 83.4 Å². The van der Waals surface area contributed by atoms with Gasteiger partial charge in [0.25, 0.3) is 5.91 Å². The van der Waals surface area contributed by atoms with Crippen LogP contribution in [0.4, 0.5) is 0 Å². The number of imidazole rings is 1. The van der Waals surface area contributed by atoms with Crippen molar-refractivity contribution in [1.29, 1.82) is 0 Å². The predicted octanol–water partition coefficient (Wildman–Crippen LogP) is 5.89. The smallest absolute Gasteiger partial charge is 0.254 e. The molecule has 2 aromatic carbocycles. The third-order valence-corrected chi connectivity index (χ3v) is 10.1. The van der Waals surface area contributed by atoms with Gasteiger partial charge in [0, 0.05) is 91.7 Å². The van der Waals surface area contributed by atoms with Crippen LogP contribution in [0.5, 0.6) is 0 Å². The molecule has 4 aromatic heterocycles. The van der Waals surface area contributed by atoms with Gasteiger partial charge >= 0.3 is 0 Å². The fourth-order valence-electron chi connectivity index (χ4n) is 7.33. The molecule has 1 saturated heterocycles. The van der Waals surface area contributed by atoms with E-state index in [0.29, 0.717) is 5.92 Å². The minimum atomic E-state index is -0.199. The number of hydrogen-bond acceptors (Lipinski definition) is 6. The maximum atomic E-state index is 13.3. The number of rotatable bonds is 8. The number of amides is 1. The van der Waals surface area contributed by atoms with Crippen LogP contribution in [-0.4, -0.2) is 70.1 Å². The fraction of sp³-hybridized carbons (Fsp3) is 0.395. The normalized spacial score (nSPS) is 16.3. The van der Waals surface area contributed by atoms with Gasteiger partial charge in [0.15, 0.2) is 5.65 Å². The summed E-state index contributed by atoms with van der Waals surface area (Å²) in [6.45, 7) is 9.48.